The van der Waals surface area contributed by atoms with Crippen LogP contribution in [0.1, 0.15) is 59.1 Å². The first kappa shape index (κ1) is 16.0. The topological polar surface area (TPSA) is 35.2 Å². The quantitative estimate of drug-likeness (QED) is 0.869. The Kier molecular flexibility index (Phi) is 5.03. The molecule has 0 radical (unpaired) electrons. The largest absolute Gasteiger partial charge is 0.486 e. The minimum Gasteiger partial charge on any atom is -0.486 e. The van der Waals surface area contributed by atoms with Gasteiger partial charge in [0, 0.05) is 6.54 Å². The molecule has 0 aromatic heterocycles. The second-order valence-electron chi connectivity index (χ2n) is 6.54. The van der Waals surface area contributed by atoms with E-state index in [4.69, 9.17) is 10.5 Å². The molecule has 19 heavy (non-hydrogen) atoms. The zero-order valence-corrected chi connectivity index (χ0v) is 13.3. The van der Waals surface area contributed by atoms with Gasteiger partial charge in [0.1, 0.15) is 11.4 Å². The van der Waals surface area contributed by atoms with Gasteiger partial charge in [-0.3, -0.25) is 0 Å². The van der Waals surface area contributed by atoms with Gasteiger partial charge in [-0.15, -0.1) is 0 Å². The molecular weight excluding hydrogens is 234 g/mol. The van der Waals surface area contributed by atoms with Crippen molar-refractivity contribution in [2.45, 2.75) is 65.4 Å². The molecule has 0 fully saturated rings. The lowest BCUT2D eigenvalue weighted by Gasteiger charge is -2.32. The summed E-state index contributed by atoms with van der Waals surface area (Å²) in [4.78, 5) is 0. The highest BCUT2D eigenvalue weighted by atomic mass is 16.5. The Labute approximate surface area is 118 Å². The molecule has 1 rings (SSSR count). The lowest BCUT2D eigenvalue weighted by atomic mass is 9.85. The fourth-order valence-electron chi connectivity index (χ4n) is 2.00. The minimum atomic E-state index is -0.284. The van der Waals surface area contributed by atoms with Gasteiger partial charge in [-0.1, -0.05) is 46.8 Å². The first-order valence-corrected chi connectivity index (χ1v) is 7.28. The van der Waals surface area contributed by atoms with Gasteiger partial charge in [0.15, 0.2) is 0 Å². The van der Waals surface area contributed by atoms with Crippen molar-refractivity contribution < 1.29 is 4.74 Å². The van der Waals surface area contributed by atoms with Gasteiger partial charge in [0.2, 0.25) is 0 Å². The maximum Gasteiger partial charge on any atom is 0.123 e. The van der Waals surface area contributed by atoms with E-state index in [0.717, 1.165) is 18.6 Å². The number of hydrogen-bond donors (Lipinski definition) is 1. The van der Waals surface area contributed by atoms with E-state index in [9.17, 15) is 0 Å². The predicted octanol–water partition coefficient (Wildman–Crippen LogP) is 4.05. The number of nitrogens with two attached hydrogens (primary N) is 1. The summed E-state index contributed by atoms with van der Waals surface area (Å²) in [7, 11) is 0. The van der Waals surface area contributed by atoms with Crippen molar-refractivity contribution in [2.24, 2.45) is 5.73 Å². The molecule has 0 aliphatic heterocycles. The summed E-state index contributed by atoms with van der Waals surface area (Å²) < 4.78 is 6.23. The monoisotopic (exact) mass is 263 g/mol. The van der Waals surface area contributed by atoms with Crippen molar-refractivity contribution in [1.29, 1.82) is 0 Å². The van der Waals surface area contributed by atoms with Crippen molar-refractivity contribution in [3.63, 3.8) is 0 Å². The van der Waals surface area contributed by atoms with Crippen molar-refractivity contribution in [3.8, 4) is 5.75 Å². The molecule has 0 aliphatic carbocycles. The summed E-state index contributed by atoms with van der Waals surface area (Å²) in [6.45, 7) is 13.6. The minimum absolute atomic E-state index is 0.0732. The summed E-state index contributed by atoms with van der Waals surface area (Å²) in [6, 6.07) is 6.52. The van der Waals surface area contributed by atoms with E-state index >= 15 is 0 Å². The van der Waals surface area contributed by atoms with Crippen molar-refractivity contribution >= 4 is 0 Å². The van der Waals surface area contributed by atoms with Crippen LogP contribution in [-0.4, -0.2) is 12.1 Å². The van der Waals surface area contributed by atoms with Crippen LogP contribution >= 0.6 is 0 Å². The van der Waals surface area contributed by atoms with E-state index in [1.807, 2.05) is 0 Å². The zero-order valence-electron chi connectivity index (χ0n) is 13.3. The Bertz CT molecular complexity index is 414. The summed E-state index contributed by atoms with van der Waals surface area (Å²) in [5, 5.41) is 0. The SMILES string of the molecule is CCc1ccc(OC(C)(CC)CN)c(C(C)(C)C)c1. The molecule has 0 bridgehead atoms. The van der Waals surface area contributed by atoms with Crippen LogP contribution in [0.4, 0.5) is 0 Å². The summed E-state index contributed by atoms with van der Waals surface area (Å²) in [5.74, 6) is 0.972. The van der Waals surface area contributed by atoms with Gasteiger partial charge in [-0.2, -0.15) is 0 Å². The number of rotatable bonds is 5. The van der Waals surface area contributed by atoms with E-state index in [1.54, 1.807) is 0 Å². The molecule has 1 unspecified atom stereocenters. The van der Waals surface area contributed by atoms with Crippen molar-refractivity contribution in [1.82, 2.24) is 0 Å². The molecule has 2 heteroatoms. The number of hydrogen-bond acceptors (Lipinski definition) is 2. The van der Waals surface area contributed by atoms with E-state index in [2.05, 4.69) is 59.7 Å². The van der Waals surface area contributed by atoms with Crippen LogP contribution in [-0.2, 0) is 11.8 Å². The molecule has 1 atom stereocenters. The summed E-state index contributed by atoms with van der Waals surface area (Å²) in [5.41, 5.74) is 8.26. The van der Waals surface area contributed by atoms with Crippen LogP contribution in [0.3, 0.4) is 0 Å². The first-order chi connectivity index (χ1) is 8.75. The molecule has 2 N–H and O–H groups in total. The molecule has 0 saturated heterocycles. The van der Waals surface area contributed by atoms with Gasteiger partial charge in [-0.25, -0.2) is 0 Å². The molecule has 0 aliphatic rings. The second kappa shape index (κ2) is 5.96. The van der Waals surface area contributed by atoms with Crippen LogP contribution in [0.25, 0.3) is 0 Å². The third-order valence-electron chi connectivity index (χ3n) is 3.80. The Morgan fingerprint density at radius 1 is 1.11 bits per heavy atom. The number of benzene rings is 1. The summed E-state index contributed by atoms with van der Waals surface area (Å²) in [6.07, 6.45) is 1.95. The Balaban J connectivity index is 3.20. The second-order valence-corrected chi connectivity index (χ2v) is 6.54. The lowest BCUT2D eigenvalue weighted by molar-refractivity contribution is 0.0910. The first-order valence-electron chi connectivity index (χ1n) is 7.28. The Morgan fingerprint density at radius 3 is 2.16 bits per heavy atom. The highest BCUT2D eigenvalue weighted by Crippen LogP contribution is 2.34. The van der Waals surface area contributed by atoms with E-state index in [0.29, 0.717) is 6.54 Å². The maximum atomic E-state index is 6.23. The smallest absolute Gasteiger partial charge is 0.123 e. The molecule has 1 aromatic rings. The molecule has 2 nitrogen and oxygen atoms in total. The average Bonchev–Trinajstić information content (AvgIpc) is 2.37. The highest BCUT2D eigenvalue weighted by Gasteiger charge is 2.26. The van der Waals surface area contributed by atoms with Crippen LogP contribution in [0, 0.1) is 0 Å². The zero-order chi connectivity index (χ0) is 14.7. The molecule has 0 spiro atoms. The highest BCUT2D eigenvalue weighted by molar-refractivity contribution is 5.42. The summed E-state index contributed by atoms with van der Waals surface area (Å²) >= 11 is 0. The maximum absolute atomic E-state index is 6.23. The van der Waals surface area contributed by atoms with Gasteiger partial charge >= 0.3 is 0 Å². The van der Waals surface area contributed by atoms with Crippen LogP contribution in [0.5, 0.6) is 5.75 Å². The average molecular weight is 263 g/mol. The molecular formula is C17H29NO. The number of ether oxygens (including phenoxy) is 1. The molecule has 0 amide bonds. The Morgan fingerprint density at radius 2 is 1.74 bits per heavy atom. The third-order valence-corrected chi connectivity index (χ3v) is 3.80. The van der Waals surface area contributed by atoms with Gasteiger partial charge in [0.05, 0.1) is 0 Å². The fourth-order valence-corrected chi connectivity index (χ4v) is 2.00. The van der Waals surface area contributed by atoms with Gasteiger partial charge < -0.3 is 10.5 Å². The number of aryl methyl sites for hydroxylation is 1. The third kappa shape index (κ3) is 3.97. The Hall–Kier alpha value is -1.02. The van der Waals surface area contributed by atoms with Crippen molar-refractivity contribution in [3.05, 3.63) is 29.3 Å². The molecule has 108 valence electrons. The van der Waals surface area contributed by atoms with Crippen LogP contribution in [0.2, 0.25) is 0 Å². The normalized spacial score (nSPS) is 15.1. The van der Waals surface area contributed by atoms with Gasteiger partial charge in [0.25, 0.3) is 0 Å². The van der Waals surface area contributed by atoms with Crippen LogP contribution in [0.15, 0.2) is 18.2 Å². The van der Waals surface area contributed by atoms with Gasteiger partial charge in [-0.05, 0) is 42.4 Å². The van der Waals surface area contributed by atoms with E-state index in [-0.39, 0.29) is 11.0 Å². The van der Waals surface area contributed by atoms with Crippen molar-refractivity contribution in [2.75, 3.05) is 6.54 Å². The van der Waals surface area contributed by atoms with Crippen LogP contribution < -0.4 is 10.5 Å². The molecule has 0 saturated carbocycles. The van der Waals surface area contributed by atoms with E-state index in [1.165, 1.54) is 11.1 Å². The van der Waals surface area contributed by atoms with E-state index < -0.39 is 0 Å². The fraction of sp³-hybridized carbons (Fsp3) is 0.647. The lowest BCUT2D eigenvalue weighted by Crippen LogP contribution is -2.40. The standard InChI is InChI=1S/C17H29NO/c1-7-13-9-10-15(14(11-13)16(3,4)5)19-17(6,8-2)12-18/h9-11H,7-8,12,18H2,1-6H3. The predicted molar refractivity (Wildman–Crippen MR) is 82.9 cm³/mol. The molecule has 0 heterocycles. The molecule has 1 aromatic carbocycles.